The first-order chi connectivity index (χ1) is 7.65. The molecule has 1 aliphatic rings. The predicted molar refractivity (Wildman–Crippen MR) is 66.4 cm³/mol. The average Bonchev–Trinajstić information content (AvgIpc) is 2.29. The summed E-state index contributed by atoms with van der Waals surface area (Å²) in [4.78, 5) is 16.1. The van der Waals surface area contributed by atoms with E-state index >= 15 is 0 Å². The topological polar surface area (TPSA) is 35.6 Å². The zero-order valence-electron chi connectivity index (χ0n) is 10.8. The lowest BCUT2D eigenvalue weighted by Gasteiger charge is -2.30. The fraction of sp³-hybridized carbons (Fsp3) is 0.917. The van der Waals surface area contributed by atoms with Crippen molar-refractivity contribution in [3.05, 3.63) is 0 Å². The maximum atomic E-state index is 12.0. The van der Waals surface area contributed by atoms with Gasteiger partial charge in [-0.1, -0.05) is 13.3 Å². The highest BCUT2D eigenvalue weighted by Gasteiger charge is 2.19. The quantitative estimate of drug-likeness (QED) is 0.744. The van der Waals surface area contributed by atoms with Gasteiger partial charge in [-0.3, -0.25) is 9.69 Å². The van der Waals surface area contributed by atoms with Gasteiger partial charge >= 0.3 is 0 Å². The number of rotatable bonds is 5. The van der Waals surface area contributed by atoms with E-state index in [-0.39, 0.29) is 5.91 Å². The molecule has 0 aromatic heterocycles. The number of hydrogen-bond acceptors (Lipinski definition) is 3. The second kappa shape index (κ2) is 6.86. The third-order valence-electron chi connectivity index (χ3n) is 3.33. The van der Waals surface area contributed by atoms with Crippen molar-refractivity contribution in [2.75, 3.05) is 39.8 Å². The molecule has 0 aliphatic carbocycles. The third kappa shape index (κ3) is 4.10. The van der Waals surface area contributed by atoms with Crippen LogP contribution in [-0.4, -0.2) is 61.5 Å². The Balaban J connectivity index is 2.32. The number of nitrogens with zero attached hydrogens (tertiary/aromatic N) is 2. The molecule has 1 N–H and O–H groups in total. The molecule has 1 atom stereocenters. The predicted octanol–water partition coefficient (Wildman–Crippen LogP) is 0.539. The van der Waals surface area contributed by atoms with E-state index in [1.54, 1.807) is 0 Å². The van der Waals surface area contributed by atoms with Gasteiger partial charge in [-0.2, -0.15) is 0 Å². The van der Waals surface area contributed by atoms with E-state index in [4.69, 9.17) is 0 Å². The van der Waals surface area contributed by atoms with Crippen molar-refractivity contribution in [3.8, 4) is 0 Å². The van der Waals surface area contributed by atoms with Gasteiger partial charge in [0.05, 0.1) is 6.54 Å². The van der Waals surface area contributed by atoms with Crippen LogP contribution in [0.4, 0.5) is 0 Å². The van der Waals surface area contributed by atoms with Crippen molar-refractivity contribution in [2.24, 2.45) is 0 Å². The number of hydrogen-bond donors (Lipinski definition) is 1. The Labute approximate surface area is 99.0 Å². The van der Waals surface area contributed by atoms with Gasteiger partial charge in [-0.05, 0) is 13.3 Å². The first kappa shape index (κ1) is 13.5. The number of carbonyl (C=O) groups excluding carboxylic acids is 1. The van der Waals surface area contributed by atoms with Crippen LogP contribution >= 0.6 is 0 Å². The fourth-order valence-electron chi connectivity index (χ4n) is 2.03. The summed E-state index contributed by atoms with van der Waals surface area (Å²) in [6.07, 6.45) is 2.22. The van der Waals surface area contributed by atoms with E-state index in [1.807, 2.05) is 11.9 Å². The Hall–Kier alpha value is -0.610. The second-order valence-electron chi connectivity index (χ2n) is 4.67. The van der Waals surface area contributed by atoms with Gasteiger partial charge in [0.15, 0.2) is 0 Å². The van der Waals surface area contributed by atoms with Gasteiger partial charge in [0.25, 0.3) is 0 Å². The molecule has 4 heteroatoms. The van der Waals surface area contributed by atoms with Gasteiger partial charge < -0.3 is 10.2 Å². The van der Waals surface area contributed by atoms with Crippen LogP contribution in [0.1, 0.15) is 26.7 Å². The van der Waals surface area contributed by atoms with Crippen LogP contribution in [0, 0.1) is 0 Å². The van der Waals surface area contributed by atoms with E-state index < -0.39 is 0 Å². The summed E-state index contributed by atoms with van der Waals surface area (Å²) in [5, 5.41) is 3.29. The number of likely N-dealkylation sites (N-methyl/N-ethyl adjacent to an activating group) is 1. The van der Waals surface area contributed by atoms with Crippen molar-refractivity contribution in [1.29, 1.82) is 0 Å². The van der Waals surface area contributed by atoms with Gasteiger partial charge in [0.2, 0.25) is 5.91 Å². The minimum absolute atomic E-state index is 0.253. The van der Waals surface area contributed by atoms with Crippen LogP contribution in [-0.2, 0) is 4.79 Å². The maximum Gasteiger partial charge on any atom is 0.236 e. The number of piperazine rings is 1. The smallest absolute Gasteiger partial charge is 0.236 e. The molecule has 0 saturated carbocycles. The van der Waals surface area contributed by atoms with E-state index in [2.05, 4.69) is 24.1 Å². The highest BCUT2D eigenvalue weighted by Crippen LogP contribution is 2.05. The molecule has 1 saturated heterocycles. The molecular weight excluding hydrogens is 202 g/mol. The standard InChI is InChI=1S/C12H25N3O/c1-4-5-11(2)14(3)12(16)10-15-8-6-13-7-9-15/h11,13H,4-10H2,1-3H3. The minimum atomic E-state index is 0.253. The third-order valence-corrected chi connectivity index (χ3v) is 3.33. The number of nitrogens with one attached hydrogen (secondary N) is 1. The summed E-state index contributed by atoms with van der Waals surface area (Å²) in [6, 6.07) is 0.361. The zero-order chi connectivity index (χ0) is 12.0. The Bertz CT molecular complexity index is 214. The van der Waals surface area contributed by atoms with E-state index in [0.717, 1.165) is 39.0 Å². The molecule has 1 fully saturated rings. The first-order valence-corrected chi connectivity index (χ1v) is 6.34. The molecule has 94 valence electrons. The van der Waals surface area contributed by atoms with Crippen LogP contribution in [0.15, 0.2) is 0 Å². The SMILES string of the molecule is CCCC(C)N(C)C(=O)CN1CCNCC1. The molecule has 0 bridgehead atoms. The second-order valence-corrected chi connectivity index (χ2v) is 4.67. The normalized spacial score (nSPS) is 19.4. The monoisotopic (exact) mass is 227 g/mol. The van der Waals surface area contributed by atoms with Crippen molar-refractivity contribution in [1.82, 2.24) is 15.1 Å². The molecule has 1 aliphatic heterocycles. The van der Waals surface area contributed by atoms with Crippen molar-refractivity contribution >= 4 is 5.91 Å². The van der Waals surface area contributed by atoms with E-state index in [1.165, 1.54) is 0 Å². The molecule has 0 aromatic carbocycles. The summed E-state index contributed by atoms with van der Waals surface area (Å²) in [5.41, 5.74) is 0. The molecule has 16 heavy (non-hydrogen) atoms. The fourth-order valence-corrected chi connectivity index (χ4v) is 2.03. The summed E-state index contributed by atoms with van der Waals surface area (Å²) in [5.74, 6) is 0.253. The minimum Gasteiger partial charge on any atom is -0.342 e. The molecule has 0 spiro atoms. The van der Waals surface area contributed by atoms with E-state index in [9.17, 15) is 4.79 Å². The van der Waals surface area contributed by atoms with Gasteiger partial charge in [-0.15, -0.1) is 0 Å². The van der Waals surface area contributed by atoms with Crippen molar-refractivity contribution in [2.45, 2.75) is 32.7 Å². The van der Waals surface area contributed by atoms with Crippen LogP contribution < -0.4 is 5.32 Å². The largest absolute Gasteiger partial charge is 0.342 e. The Morgan fingerprint density at radius 1 is 1.44 bits per heavy atom. The number of carbonyl (C=O) groups is 1. The number of amides is 1. The van der Waals surface area contributed by atoms with Gasteiger partial charge in [0, 0.05) is 39.3 Å². The summed E-state index contributed by atoms with van der Waals surface area (Å²) in [6.45, 7) is 8.84. The summed E-state index contributed by atoms with van der Waals surface area (Å²) in [7, 11) is 1.92. The summed E-state index contributed by atoms with van der Waals surface area (Å²) < 4.78 is 0. The highest BCUT2D eigenvalue weighted by molar-refractivity contribution is 5.78. The first-order valence-electron chi connectivity index (χ1n) is 6.34. The molecule has 1 rings (SSSR count). The Morgan fingerprint density at radius 2 is 2.06 bits per heavy atom. The average molecular weight is 227 g/mol. The molecule has 1 amide bonds. The maximum absolute atomic E-state index is 12.0. The lowest BCUT2D eigenvalue weighted by atomic mass is 10.1. The van der Waals surface area contributed by atoms with Gasteiger partial charge in [0.1, 0.15) is 0 Å². The Morgan fingerprint density at radius 3 is 2.62 bits per heavy atom. The van der Waals surface area contributed by atoms with Crippen LogP contribution in [0.5, 0.6) is 0 Å². The van der Waals surface area contributed by atoms with Crippen molar-refractivity contribution < 1.29 is 4.79 Å². The molecule has 1 heterocycles. The molecule has 4 nitrogen and oxygen atoms in total. The summed E-state index contributed by atoms with van der Waals surface area (Å²) >= 11 is 0. The van der Waals surface area contributed by atoms with Gasteiger partial charge in [-0.25, -0.2) is 0 Å². The highest BCUT2D eigenvalue weighted by atomic mass is 16.2. The van der Waals surface area contributed by atoms with Crippen LogP contribution in [0.3, 0.4) is 0 Å². The van der Waals surface area contributed by atoms with Crippen LogP contribution in [0.2, 0.25) is 0 Å². The van der Waals surface area contributed by atoms with Crippen molar-refractivity contribution in [3.63, 3.8) is 0 Å². The molecule has 1 unspecified atom stereocenters. The van der Waals surface area contributed by atoms with E-state index in [0.29, 0.717) is 12.6 Å². The molecule has 0 aromatic rings. The lowest BCUT2D eigenvalue weighted by Crippen LogP contribution is -2.49. The van der Waals surface area contributed by atoms with Crippen LogP contribution in [0.25, 0.3) is 0 Å². The zero-order valence-corrected chi connectivity index (χ0v) is 10.8. The molecule has 0 radical (unpaired) electrons. The lowest BCUT2D eigenvalue weighted by molar-refractivity contribution is -0.133. The molecular formula is C12H25N3O. The Kier molecular flexibility index (Phi) is 5.77.